The Labute approximate surface area is 178 Å². The number of nitrogens with one attached hydrogen (secondary N) is 1. The molecule has 31 heavy (non-hydrogen) atoms. The lowest BCUT2D eigenvalue weighted by Crippen LogP contribution is -2.37. The molecule has 0 spiro atoms. The number of furan rings is 1. The van der Waals surface area contributed by atoms with Crippen molar-refractivity contribution in [3.8, 4) is 0 Å². The van der Waals surface area contributed by atoms with Crippen molar-refractivity contribution in [2.24, 2.45) is 0 Å². The molecule has 0 bridgehead atoms. The van der Waals surface area contributed by atoms with Gasteiger partial charge in [0.25, 0.3) is 10.1 Å². The molecule has 1 aromatic heterocycles. The van der Waals surface area contributed by atoms with Gasteiger partial charge in [0.05, 0.1) is 17.7 Å². The summed E-state index contributed by atoms with van der Waals surface area (Å²) in [6, 6.07) is 3.11. The van der Waals surface area contributed by atoms with Crippen molar-refractivity contribution in [2.75, 3.05) is 12.3 Å². The number of ketones is 3. The van der Waals surface area contributed by atoms with Crippen LogP contribution in [0.15, 0.2) is 34.6 Å². The molecule has 3 aliphatic rings. The second kappa shape index (κ2) is 6.48. The molecule has 2 N–H and O–H groups in total. The fourth-order valence-electron chi connectivity index (χ4n) is 5.00. The molecule has 0 fully saturated rings. The average Bonchev–Trinajstić information content (AvgIpc) is 3.14. The van der Waals surface area contributed by atoms with Gasteiger partial charge in [-0.1, -0.05) is 6.92 Å². The predicted molar refractivity (Wildman–Crippen MR) is 109 cm³/mol. The Morgan fingerprint density at radius 3 is 2.65 bits per heavy atom. The van der Waals surface area contributed by atoms with Crippen LogP contribution < -0.4 is 5.32 Å². The molecule has 5 rings (SSSR count). The Hall–Kier alpha value is -3.04. The van der Waals surface area contributed by atoms with Gasteiger partial charge >= 0.3 is 0 Å². The summed E-state index contributed by atoms with van der Waals surface area (Å²) in [7, 11) is -4.21. The smallest absolute Gasteiger partial charge is 0.266 e. The van der Waals surface area contributed by atoms with Crippen LogP contribution in [0.4, 0.5) is 0 Å². The maximum Gasteiger partial charge on any atom is 0.266 e. The summed E-state index contributed by atoms with van der Waals surface area (Å²) in [6.07, 6.45) is 5.30. The highest BCUT2D eigenvalue weighted by atomic mass is 32.2. The van der Waals surface area contributed by atoms with Gasteiger partial charge < -0.3 is 9.73 Å². The molecule has 0 saturated carbocycles. The van der Waals surface area contributed by atoms with E-state index < -0.39 is 32.9 Å². The minimum absolute atomic E-state index is 0.0748. The van der Waals surface area contributed by atoms with Gasteiger partial charge in [-0.05, 0) is 42.5 Å². The third-order valence-corrected chi connectivity index (χ3v) is 7.17. The van der Waals surface area contributed by atoms with Crippen LogP contribution in [0.2, 0.25) is 0 Å². The third-order valence-electron chi connectivity index (χ3n) is 6.45. The summed E-state index contributed by atoms with van der Waals surface area (Å²) in [5.74, 6) is -1.55. The molecule has 160 valence electrons. The highest BCUT2D eigenvalue weighted by Crippen LogP contribution is 2.50. The van der Waals surface area contributed by atoms with Crippen LogP contribution in [0.25, 0.3) is 0 Å². The van der Waals surface area contributed by atoms with Crippen LogP contribution in [0.5, 0.6) is 0 Å². The van der Waals surface area contributed by atoms with E-state index in [4.69, 9.17) is 8.97 Å². The summed E-state index contributed by atoms with van der Waals surface area (Å²) in [4.78, 5) is 38.9. The average molecular weight is 441 g/mol. The van der Waals surface area contributed by atoms with Crippen LogP contribution in [0, 0.1) is 0 Å². The van der Waals surface area contributed by atoms with Gasteiger partial charge in [-0.15, -0.1) is 0 Å². The lowest BCUT2D eigenvalue weighted by Gasteiger charge is -2.39. The first-order valence-electron chi connectivity index (χ1n) is 9.94. The Bertz CT molecular complexity index is 1330. The molecule has 2 aromatic rings. The number of rotatable bonds is 4. The molecule has 1 aromatic carbocycles. The first-order chi connectivity index (χ1) is 14.6. The minimum Gasteiger partial charge on any atom is -0.460 e. The van der Waals surface area contributed by atoms with Crippen LogP contribution in [-0.4, -0.2) is 42.6 Å². The van der Waals surface area contributed by atoms with Crippen molar-refractivity contribution in [3.05, 3.63) is 69.3 Å². The zero-order valence-electron chi connectivity index (χ0n) is 16.6. The first-order valence-corrected chi connectivity index (χ1v) is 11.5. The van der Waals surface area contributed by atoms with E-state index in [1.54, 1.807) is 12.3 Å². The molecule has 1 unspecified atom stereocenters. The number of allylic oxidation sites excluding steroid dienone is 2. The van der Waals surface area contributed by atoms with Crippen LogP contribution in [0.3, 0.4) is 0 Å². The lowest BCUT2D eigenvalue weighted by molar-refractivity contribution is 0.0975. The van der Waals surface area contributed by atoms with Crippen molar-refractivity contribution >= 4 is 27.5 Å². The van der Waals surface area contributed by atoms with E-state index in [2.05, 4.69) is 5.32 Å². The summed E-state index contributed by atoms with van der Waals surface area (Å²) in [5.41, 5.74) is 2.71. The Kier molecular flexibility index (Phi) is 4.16. The van der Waals surface area contributed by atoms with Gasteiger partial charge in [0.1, 0.15) is 0 Å². The number of carbonyl (C=O) groups is 3. The van der Waals surface area contributed by atoms with E-state index in [1.165, 1.54) is 6.07 Å². The van der Waals surface area contributed by atoms with Crippen molar-refractivity contribution in [3.63, 3.8) is 0 Å². The summed E-state index contributed by atoms with van der Waals surface area (Å²) in [6.45, 7) is 1.80. The highest BCUT2D eigenvalue weighted by molar-refractivity contribution is 7.85. The molecule has 0 amide bonds. The van der Waals surface area contributed by atoms with Gasteiger partial charge in [-0.2, -0.15) is 8.42 Å². The number of hydrogen-bond acceptors (Lipinski definition) is 7. The summed E-state index contributed by atoms with van der Waals surface area (Å²) in [5, 5.41) is 2.59. The molecular formula is C22H19NO7S. The van der Waals surface area contributed by atoms with E-state index in [9.17, 15) is 22.8 Å². The van der Waals surface area contributed by atoms with Crippen molar-refractivity contribution in [1.29, 1.82) is 0 Å². The van der Waals surface area contributed by atoms with Crippen LogP contribution >= 0.6 is 0 Å². The van der Waals surface area contributed by atoms with Crippen LogP contribution in [0.1, 0.15) is 73.3 Å². The zero-order valence-corrected chi connectivity index (χ0v) is 17.5. The van der Waals surface area contributed by atoms with Gasteiger partial charge in [0, 0.05) is 40.3 Å². The molecule has 1 heterocycles. The van der Waals surface area contributed by atoms with E-state index in [0.717, 1.165) is 42.0 Å². The van der Waals surface area contributed by atoms with E-state index in [0.29, 0.717) is 11.3 Å². The van der Waals surface area contributed by atoms with Crippen molar-refractivity contribution in [2.45, 2.75) is 31.6 Å². The van der Waals surface area contributed by atoms with E-state index in [-0.39, 0.29) is 29.2 Å². The molecular weight excluding hydrogens is 422 g/mol. The summed E-state index contributed by atoms with van der Waals surface area (Å²) >= 11 is 0. The summed E-state index contributed by atoms with van der Waals surface area (Å²) < 4.78 is 36.3. The highest BCUT2D eigenvalue weighted by Gasteiger charge is 2.46. The molecule has 1 atom stereocenters. The lowest BCUT2D eigenvalue weighted by atomic mass is 9.62. The quantitative estimate of drug-likeness (QED) is 0.691. The number of carbonyl (C=O) groups excluding carboxylic acids is 3. The fraction of sp³-hybridized carbons (Fsp3) is 0.318. The molecule has 0 radical (unpaired) electrons. The Morgan fingerprint density at radius 2 is 1.90 bits per heavy atom. The maximum absolute atomic E-state index is 13.2. The Balaban J connectivity index is 1.59. The van der Waals surface area contributed by atoms with Gasteiger partial charge in [0.15, 0.2) is 11.5 Å². The monoisotopic (exact) mass is 441 g/mol. The van der Waals surface area contributed by atoms with Gasteiger partial charge in [-0.3, -0.25) is 18.9 Å². The minimum atomic E-state index is -4.21. The topological polar surface area (TPSA) is 131 Å². The second-order valence-corrected chi connectivity index (χ2v) is 9.96. The van der Waals surface area contributed by atoms with Crippen molar-refractivity contribution in [1.82, 2.24) is 5.32 Å². The number of fused-ring (bicyclic) bond motifs is 3. The largest absolute Gasteiger partial charge is 0.460 e. The molecule has 0 aliphatic heterocycles. The first kappa shape index (κ1) is 19.9. The number of benzene rings is 1. The Morgan fingerprint density at radius 1 is 1.13 bits per heavy atom. The van der Waals surface area contributed by atoms with E-state index >= 15 is 0 Å². The maximum atomic E-state index is 13.2. The third kappa shape index (κ3) is 2.91. The number of Topliss-reactive ketones (excluding diaryl/α,β-unsaturated/α-hetero) is 1. The van der Waals surface area contributed by atoms with Crippen molar-refractivity contribution < 1.29 is 31.8 Å². The van der Waals surface area contributed by atoms with Gasteiger partial charge in [0.2, 0.25) is 11.6 Å². The molecule has 3 aliphatic carbocycles. The van der Waals surface area contributed by atoms with Gasteiger partial charge in [-0.25, -0.2) is 0 Å². The number of hydrogen-bond donors (Lipinski definition) is 2. The normalized spacial score (nSPS) is 21.9. The fourth-order valence-corrected chi connectivity index (χ4v) is 5.36. The predicted octanol–water partition coefficient (Wildman–Crippen LogP) is 2.21. The molecule has 0 saturated heterocycles. The zero-order chi connectivity index (χ0) is 22.1. The van der Waals surface area contributed by atoms with E-state index in [1.807, 2.05) is 6.92 Å². The molecule has 8 nitrogen and oxygen atoms in total. The number of aryl methyl sites for hydroxylation is 1. The second-order valence-electron chi connectivity index (χ2n) is 8.39. The molecule has 9 heteroatoms. The standard InChI is InChI=1S/C22H19NO7S/c1-22-4-2-3-11-10-30-21(18(11)22)20(26)14-7-13-12(8-15(14)22)17(24)9-16(19(13)25)23-5-6-31(27,28)29/h7-10,23H,2-6H2,1H3,(H,27,28,29). The SMILES string of the molecule is CC12CCCc3coc(c31)C(=O)c1cc3c(cc12)C(=O)C=C(NCCS(=O)(=O)O)C3=O. The van der Waals surface area contributed by atoms with Crippen LogP contribution in [-0.2, 0) is 22.0 Å².